The zero-order chi connectivity index (χ0) is 11.8. The molecule has 1 rings (SSSR count). The average molecular weight is 226 g/mol. The Labute approximate surface area is 97.3 Å². The van der Waals surface area contributed by atoms with Gasteiger partial charge in [0.15, 0.2) is 5.96 Å². The van der Waals surface area contributed by atoms with Crippen LogP contribution in [0.5, 0.6) is 0 Å². The molecule has 1 aliphatic rings. The minimum atomic E-state index is 0.302. The summed E-state index contributed by atoms with van der Waals surface area (Å²) >= 11 is 0. The minimum absolute atomic E-state index is 0.302. The first-order valence-corrected chi connectivity index (χ1v) is 6.00. The van der Waals surface area contributed by atoms with Crippen LogP contribution in [-0.2, 0) is 4.79 Å². The monoisotopic (exact) mass is 226 g/mol. The zero-order valence-corrected chi connectivity index (χ0v) is 10.3. The van der Waals surface area contributed by atoms with Crippen LogP contribution in [0.2, 0.25) is 0 Å². The Balaban J connectivity index is 2.09. The van der Waals surface area contributed by atoms with Crippen molar-refractivity contribution >= 4 is 11.9 Å². The van der Waals surface area contributed by atoms with Gasteiger partial charge in [0, 0.05) is 39.6 Å². The van der Waals surface area contributed by atoms with Crippen LogP contribution in [-0.4, -0.2) is 50.0 Å². The van der Waals surface area contributed by atoms with Gasteiger partial charge in [-0.2, -0.15) is 0 Å². The van der Waals surface area contributed by atoms with E-state index in [4.69, 9.17) is 0 Å². The number of amides is 1. The third-order valence-corrected chi connectivity index (χ3v) is 2.64. The van der Waals surface area contributed by atoms with Gasteiger partial charge < -0.3 is 15.5 Å². The molecule has 16 heavy (non-hydrogen) atoms. The number of hydrogen-bond donors (Lipinski definition) is 2. The summed E-state index contributed by atoms with van der Waals surface area (Å²) in [4.78, 5) is 17.3. The molecule has 92 valence electrons. The van der Waals surface area contributed by atoms with Gasteiger partial charge >= 0.3 is 0 Å². The first-order valence-electron chi connectivity index (χ1n) is 6.00. The maximum absolute atomic E-state index is 11.3. The zero-order valence-electron chi connectivity index (χ0n) is 10.3. The van der Waals surface area contributed by atoms with E-state index in [1.807, 2.05) is 11.8 Å². The van der Waals surface area contributed by atoms with Crippen molar-refractivity contribution < 1.29 is 4.79 Å². The van der Waals surface area contributed by atoms with Crippen LogP contribution in [0.25, 0.3) is 0 Å². The van der Waals surface area contributed by atoms with Gasteiger partial charge in [0.2, 0.25) is 5.91 Å². The highest BCUT2D eigenvalue weighted by molar-refractivity contribution is 5.79. The lowest BCUT2D eigenvalue weighted by Crippen LogP contribution is -2.38. The molecule has 1 amide bonds. The molecule has 0 saturated carbocycles. The van der Waals surface area contributed by atoms with Crippen LogP contribution < -0.4 is 10.6 Å². The average Bonchev–Trinajstić information content (AvgIpc) is 2.69. The molecule has 5 nitrogen and oxygen atoms in total. The fourth-order valence-electron chi connectivity index (χ4n) is 1.81. The van der Waals surface area contributed by atoms with E-state index in [9.17, 15) is 4.79 Å². The smallest absolute Gasteiger partial charge is 0.222 e. The fraction of sp³-hybridized carbons (Fsp3) is 0.818. The molecule has 1 saturated heterocycles. The second-order valence-electron chi connectivity index (χ2n) is 3.87. The summed E-state index contributed by atoms with van der Waals surface area (Å²) in [6, 6.07) is 0. The molecule has 0 spiro atoms. The van der Waals surface area contributed by atoms with Crippen LogP contribution >= 0.6 is 0 Å². The van der Waals surface area contributed by atoms with Crippen molar-refractivity contribution in [2.24, 2.45) is 4.99 Å². The van der Waals surface area contributed by atoms with E-state index in [1.54, 1.807) is 7.05 Å². The molecule has 2 N–H and O–H groups in total. The van der Waals surface area contributed by atoms with Gasteiger partial charge in [-0.15, -0.1) is 0 Å². The third-order valence-electron chi connectivity index (χ3n) is 2.64. The van der Waals surface area contributed by atoms with Crippen molar-refractivity contribution in [1.29, 1.82) is 0 Å². The Morgan fingerprint density at radius 1 is 1.50 bits per heavy atom. The van der Waals surface area contributed by atoms with Crippen LogP contribution in [0.15, 0.2) is 4.99 Å². The van der Waals surface area contributed by atoms with E-state index in [-0.39, 0.29) is 0 Å². The largest absolute Gasteiger partial charge is 0.357 e. The molecule has 1 heterocycles. The van der Waals surface area contributed by atoms with E-state index >= 15 is 0 Å². The summed E-state index contributed by atoms with van der Waals surface area (Å²) in [5, 5.41) is 6.34. The minimum Gasteiger partial charge on any atom is -0.357 e. The highest BCUT2D eigenvalue weighted by Gasteiger charge is 2.18. The van der Waals surface area contributed by atoms with Crippen molar-refractivity contribution in [3.63, 3.8) is 0 Å². The maximum Gasteiger partial charge on any atom is 0.222 e. The van der Waals surface area contributed by atoms with Gasteiger partial charge in [-0.25, -0.2) is 0 Å². The number of hydrogen-bond acceptors (Lipinski definition) is 2. The van der Waals surface area contributed by atoms with Crippen LogP contribution in [0.1, 0.15) is 26.2 Å². The number of rotatable bonds is 5. The molecular formula is C11H22N4O. The quantitative estimate of drug-likeness (QED) is 0.399. The molecule has 1 fully saturated rings. The molecule has 5 heteroatoms. The number of aliphatic imine (C=N–C) groups is 1. The second kappa shape index (κ2) is 7.09. The van der Waals surface area contributed by atoms with Gasteiger partial charge in [0.25, 0.3) is 0 Å². The number of nitrogens with zero attached hydrogens (tertiary/aromatic N) is 2. The van der Waals surface area contributed by atoms with Crippen LogP contribution in [0.3, 0.4) is 0 Å². The number of likely N-dealkylation sites (tertiary alicyclic amines) is 1. The molecule has 0 unspecified atom stereocenters. The molecule has 0 aromatic heterocycles. The standard InChI is InChI=1S/C11H22N4O/c1-3-13-11(12-2)14-7-5-9-15-8-4-6-10(15)16/h3-9H2,1-2H3,(H2,12,13,14). The Morgan fingerprint density at radius 2 is 2.31 bits per heavy atom. The molecule has 0 atom stereocenters. The van der Waals surface area contributed by atoms with E-state index < -0.39 is 0 Å². The molecular weight excluding hydrogens is 204 g/mol. The Morgan fingerprint density at radius 3 is 2.88 bits per heavy atom. The molecule has 0 aliphatic carbocycles. The highest BCUT2D eigenvalue weighted by atomic mass is 16.2. The van der Waals surface area contributed by atoms with Crippen molar-refractivity contribution in [2.45, 2.75) is 26.2 Å². The van der Waals surface area contributed by atoms with Gasteiger partial charge in [-0.1, -0.05) is 0 Å². The van der Waals surface area contributed by atoms with Gasteiger partial charge in [0.05, 0.1) is 0 Å². The van der Waals surface area contributed by atoms with E-state index in [1.165, 1.54) is 0 Å². The summed E-state index contributed by atoms with van der Waals surface area (Å²) < 4.78 is 0. The third kappa shape index (κ3) is 4.08. The lowest BCUT2D eigenvalue weighted by molar-refractivity contribution is -0.127. The lowest BCUT2D eigenvalue weighted by Gasteiger charge is -2.16. The van der Waals surface area contributed by atoms with Gasteiger partial charge in [-0.3, -0.25) is 9.79 Å². The summed E-state index contributed by atoms with van der Waals surface area (Å²) in [6.07, 6.45) is 2.72. The van der Waals surface area contributed by atoms with E-state index in [0.29, 0.717) is 5.91 Å². The predicted molar refractivity (Wildman–Crippen MR) is 65.5 cm³/mol. The van der Waals surface area contributed by atoms with E-state index in [2.05, 4.69) is 15.6 Å². The lowest BCUT2D eigenvalue weighted by atomic mass is 10.4. The molecule has 0 aromatic carbocycles. The molecule has 0 radical (unpaired) electrons. The highest BCUT2D eigenvalue weighted by Crippen LogP contribution is 2.09. The van der Waals surface area contributed by atoms with Crippen LogP contribution in [0, 0.1) is 0 Å². The number of guanidine groups is 1. The topological polar surface area (TPSA) is 56.7 Å². The van der Waals surface area contributed by atoms with Crippen molar-refractivity contribution in [2.75, 3.05) is 33.2 Å². The SMILES string of the molecule is CCNC(=NC)NCCCN1CCCC1=O. The molecule has 1 aliphatic heterocycles. The second-order valence-corrected chi connectivity index (χ2v) is 3.87. The Kier molecular flexibility index (Phi) is 5.67. The van der Waals surface area contributed by atoms with Crippen molar-refractivity contribution in [3.8, 4) is 0 Å². The maximum atomic E-state index is 11.3. The van der Waals surface area contributed by atoms with Crippen LogP contribution in [0.4, 0.5) is 0 Å². The number of carbonyl (C=O) groups is 1. The van der Waals surface area contributed by atoms with Crippen molar-refractivity contribution in [1.82, 2.24) is 15.5 Å². The Bertz CT molecular complexity index is 252. The first-order chi connectivity index (χ1) is 7.77. The summed E-state index contributed by atoms with van der Waals surface area (Å²) in [7, 11) is 1.76. The summed E-state index contributed by atoms with van der Waals surface area (Å²) in [5.74, 6) is 1.13. The summed E-state index contributed by atoms with van der Waals surface area (Å²) in [5.41, 5.74) is 0. The number of nitrogens with one attached hydrogen (secondary N) is 2. The van der Waals surface area contributed by atoms with Crippen molar-refractivity contribution in [3.05, 3.63) is 0 Å². The first kappa shape index (κ1) is 12.8. The molecule has 0 bridgehead atoms. The predicted octanol–water partition coefficient (Wildman–Crippen LogP) is 0.184. The number of carbonyl (C=O) groups excluding carboxylic acids is 1. The van der Waals surface area contributed by atoms with Gasteiger partial charge in [0.1, 0.15) is 0 Å². The molecule has 0 aromatic rings. The summed E-state index contributed by atoms with van der Waals surface area (Å²) in [6.45, 7) is 5.54. The Hall–Kier alpha value is -1.26. The van der Waals surface area contributed by atoms with Gasteiger partial charge in [-0.05, 0) is 19.8 Å². The van der Waals surface area contributed by atoms with E-state index in [0.717, 1.165) is 51.4 Å². The fourth-order valence-corrected chi connectivity index (χ4v) is 1.81. The normalized spacial score (nSPS) is 16.8.